The van der Waals surface area contributed by atoms with Crippen molar-refractivity contribution in [2.45, 2.75) is 38.8 Å². The Balaban J connectivity index is 1.71. The van der Waals surface area contributed by atoms with Crippen LogP contribution in [0, 0.1) is 0 Å². The molecule has 0 aliphatic heterocycles. The average molecular weight is 248 g/mol. The predicted octanol–water partition coefficient (Wildman–Crippen LogP) is 2.40. The molecule has 0 heterocycles. The molecule has 0 atom stereocenters. The minimum absolute atomic E-state index is 0.541. The smallest absolute Gasteiger partial charge is 0.123 e. The van der Waals surface area contributed by atoms with Crippen LogP contribution in [0.3, 0.4) is 0 Å². The Hall–Kier alpha value is -1.06. The first kappa shape index (κ1) is 13.4. The van der Waals surface area contributed by atoms with E-state index in [-0.39, 0.29) is 0 Å². The Morgan fingerprint density at radius 2 is 2.11 bits per heavy atom. The van der Waals surface area contributed by atoms with Gasteiger partial charge in [0.25, 0.3) is 0 Å². The summed E-state index contributed by atoms with van der Waals surface area (Å²) in [5.74, 6) is 0.939. The number of hydrogen-bond acceptors (Lipinski definition) is 3. The maximum Gasteiger partial charge on any atom is 0.123 e. The summed E-state index contributed by atoms with van der Waals surface area (Å²) >= 11 is 0. The van der Waals surface area contributed by atoms with Gasteiger partial charge in [0.05, 0.1) is 6.61 Å². The number of nitrogens with zero attached hydrogens (tertiary/aromatic N) is 1. The normalized spacial score (nSPS) is 15.1. The zero-order valence-electron chi connectivity index (χ0n) is 11.3. The second-order valence-corrected chi connectivity index (χ2v) is 4.87. The van der Waals surface area contributed by atoms with Gasteiger partial charge in [-0.2, -0.15) is 0 Å². The van der Waals surface area contributed by atoms with E-state index in [1.54, 1.807) is 0 Å². The number of nitrogens with two attached hydrogens (primary N) is 1. The first-order valence-electron chi connectivity index (χ1n) is 7.00. The van der Waals surface area contributed by atoms with Crippen LogP contribution in [0.15, 0.2) is 24.3 Å². The van der Waals surface area contributed by atoms with E-state index in [1.807, 2.05) is 24.3 Å². The number of ether oxygens (including phenoxy) is 1. The molecule has 2 rings (SSSR count). The second-order valence-electron chi connectivity index (χ2n) is 4.87. The third-order valence-corrected chi connectivity index (χ3v) is 3.51. The summed E-state index contributed by atoms with van der Waals surface area (Å²) in [7, 11) is 0. The van der Waals surface area contributed by atoms with Crippen molar-refractivity contribution in [3.8, 4) is 5.75 Å². The van der Waals surface area contributed by atoms with E-state index in [2.05, 4.69) is 11.8 Å². The van der Waals surface area contributed by atoms with E-state index in [0.717, 1.165) is 43.5 Å². The van der Waals surface area contributed by atoms with Crippen molar-refractivity contribution in [3.63, 3.8) is 0 Å². The highest BCUT2D eigenvalue weighted by atomic mass is 16.5. The second kappa shape index (κ2) is 6.76. The molecule has 1 aliphatic rings. The first-order valence-corrected chi connectivity index (χ1v) is 7.00. The molecule has 0 aromatic heterocycles. The monoisotopic (exact) mass is 248 g/mol. The van der Waals surface area contributed by atoms with Crippen molar-refractivity contribution in [2.75, 3.05) is 19.7 Å². The zero-order valence-corrected chi connectivity index (χ0v) is 11.3. The van der Waals surface area contributed by atoms with Crippen LogP contribution in [0.4, 0.5) is 0 Å². The highest BCUT2D eigenvalue weighted by molar-refractivity contribution is 5.32. The van der Waals surface area contributed by atoms with Crippen LogP contribution in [0.25, 0.3) is 0 Å². The maximum atomic E-state index is 5.82. The van der Waals surface area contributed by atoms with Gasteiger partial charge in [-0.15, -0.1) is 0 Å². The number of benzene rings is 1. The highest BCUT2D eigenvalue weighted by Crippen LogP contribution is 2.26. The molecule has 18 heavy (non-hydrogen) atoms. The van der Waals surface area contributed by atoms with Crippen LogP contribution in [-0.2, 0) is 6.54 Å². The van der Waals surface area contributed by atoms with Crippen molar-refractivity contribution >= 4 is 0 Å². The molecule has 0 bridgehead atoms. The molecule has 0 amide bonds. The zero-order chi connectivity index (χ0) is 12.8. The van der Waals surface area contributed by atoms with Crippen LogP contribution in [-0.4, -0.2) is 30.6 Å². The Labute approximate surface area is 110 Å². The molecule has 3 heteroatoms. The van der Waals surface area contributed by atoms with E-state index in [1.165, 1.54) is 12.8 Å². The summed E-state index contributed by atoms with van der Waals surface area (Å²) in [6.45, 7) is 5.86. The van der Waals surface area contributed by atoms with Crippen LogP contribution in [0.1, 0.15) is 31.7 Å². The van der Waals surface area contributed by atoms with Gasteiger partial charge in [0, 0.05) is 24.7 Å². The third kappa shape index (κ3) is 3.72. The lowest BCUT2D eigenvalue weighted by molar-refractivity contribution is 0.234. The van der Waals surface area contributed by atoms with Gasteiger partial charge in [-0.25, -0.2) is 0 Å². The van der Waals surface area contributed by atoms with E-state index in [4.69, 9.17) is 10.5 Å². The van der Waals surface area contributed by atoms with Crippen molar-refractivity contribution < 1.29 is 4.74 Å². The van der Waals surface area contributed by atoms with Gasteiger partial charge in [0.2, 0.25) is 0 Å². The van der Waals surface area contributed by atoms with Gasteiger partial charge in [-0.3, -0.25) is 0 Å². The van der Waals surface area contributed by atoms with Gasteiger partial charge >= 0.3 is 0 Å². The molecule has 0 saturated heterocycles. The molecule has 1 fully saturated rings. The topological polar surface area (TPSA) is 38.5 Å². The standard InChI is InChI=1S/C15H24N2O/c1-2-17(14-8-9-14)10-5-11-18-15-7-4-3-6-13(15)12-16/h3-4,6-7,14H,2,5,8-12,16H2,1H3. The highest BCUT2D eigenvalue weighted by Gasteiger charge is 2.26. The molecule has 1 aromatic carbocycles. The number of rotatable bonds is 8. The van der Waals surface area contributed by atoms with Crippen molar-refractivity contribution in [3.05, 3.63) is 29.8 Å². The first-order chi connectivity index (χ1) is 8.85. The SMILES string of the molecule is CCN(CCCOc1ccccc1CN)C1CC1. The molecule has 0 radical (unpaired) electrons. The van der Waals surface area contributed by atoms with E-state index in [9.17, 15) is 0 Å². The molecule has 1 aliphatic carbocycles. The lowest BCUT2D eigenvalue weighted by Crippen LogP contribution is -2.27. The summed E-state index contributed by atoms with van der Waals surface area (Å²) in [6.07, 6.45) is 3.85. The number of para-hydroxylation sites is 1. The molecule has 1 aromatic rings. The lowest BCUT2D eigenvalue weighted by atomic mass is 10.2. The molecular formula is C15H24N2O. The van der Waals surface area contributed by atoms with Gasteiger partial charge in [-0.05, 0) is 31.9 Å². The predicted molar refractivity (Wildman–Crippen MR) is 74.7 cm³/mol. The van der Waals surface area contributed by atoms with Gasteiger partial charge < -0.3 is 15.4 Å². The Morgan fingerprint density at radius 3 is 2.78 bits per heavy atom. The summed E-state index contributed by atoms with van der Waals surface area (Å²) < 4.78 is 5.82. The summed E-state index contributed by atoms with van der Waals surface area (Å²) in [4.78, 5) is 2.55. The fourth-order valence-corrected chi connectivity index (χ4v) is 2.30. The fourth-order valence-electron chi connectivity index (χ4n) is 2.30. The van der Waals surface area contributed by atoms with Crippen LogP contribution >= 0.6 is 0 Å². The van der Waals surface area contributed by atoms with Gasteiger partial charge in [0.15, 0.2) is 0 Å². The van der Waals surface area contributed by atoms with Crippen LogP contribution < -0.4 is 10.5 Å². The fraction of sp³-hybridized carbons (Fsp3) is 0.600. The molecular weight excluding hydrogens is 224 g/mol. The maximum absolute atomic E-state index is 5.82. The van der Waals surface area contributed by atoms with Gasteiger partial charge in [-0.1, -0.05) is 25.1 Å². The van der Waals surface area contributed by atoms with Gasteiger partial charge in [0.1, 0.15) is 5.75 Å². The quantitative estimate of drug-likeness (QED) is 0.718. The average Bonchev–Trinajstić information content (AvgIpc) is 3.24. The van der Waals surface area contributed by atoms with E-state index < -0.39 is 0 Å². The Morgan fingerprint density at radius 1 is 1.33 bits per heavy atom. The number of hydrogen-bond donors (Lipinski definition) is 1. The molecule has 0 spiro atoms. The van der Waals surface area contributed by atoms with Crippen molar-refractivity contribution in [1.29, 1.82) is 0 Å². The minimum atomic E-state index is 0.541. The molecule has 2 N–H and O–H groups in total. The minimum Gasteiger partial charge on any atom is -0.493 e. The Kier molecular flexibility index (Phi) is 5.02. The van der Waals surface area contributed by atoms with E-state index in [0.29, 0.717) is 6.54 Å². The van der Waals surface area contributed by atoms with E-state index >= 15 is 0 Å². The summed E-state index contributed by atoms with van der Waals surface area (Å²) in [5.41, 5.74) is 6.77. The lowest BCUT2D eigenvalue weighted by Gasteiger charge is -2.19. The Bertz CT molecular complexity index is 363. The largest absolute Gasteiger partial charge is 0.493 e. The van der Waals surface area contributed by atoms with Crippen LogP contribution in [0.2, 0.25) is 0 Å². The third-order valence-electron chi connectivity index (χ3n) is 3.51. The molecule has 0 unspecified atom stereocenters. The van der Waals surface area contributed by atoms with Crippen LogP contribution in [0.5, 0.6) is 5.75 Å². The van der Waals surface area contributed by atoms with Crippen molar-refractivity contribution in [1.82, 2.24) is 4.90 Å². The van der Waals surface area contributed by atoms with Crippen molar-refractivity contribution in [2.24, 2.45) is 5.73 Å². The molecule has 1 saturated carbocycles. The summed E-state index contributed by atoms with van der Waals surface area (Å²) in [5, 5.41) is 0. The molecule has 100 valence electrons. The molecule has 3 nitrogen and oxygen atoms in total. The summed E-state index contributed by atoms with van der Waals surface area (Å²) in [6, 6.07) is 8.88.